The molecule has 0 spiro atoms. The Kier molecular flexibility index (Phi) is 5.22. The lowest BCUT2D eigenvalue weighted by Crippen LogP contribution is -2.11. The van der Waals surface area contributed by atoms with Crippen LogP contribution in [-0.2, 0) is 17.8 Å². The lowest BCUT2D eigenvalue weighted by molar-refractivity contribution is 0.114. The first-order valence-corrected chi connectivity index (χ1v) is 7.33. The van der Waals surface area contributed by atoms with E-state index in [-0.39, 0.29) is 0 Å². The van der Waals surface area contributed by atoms with Gasteiger partial charge in [-0.05, 0) is 45.2 Å². The van der Waals surface area contributed by atoms with Crippen LogP contribution in [0.1, 0.15) is 0 Å². The third-order valence-electron chi connectivity index (χ3n) is 2.13. The van der Waals surface area contributed by atoms with Gasteiger partial charge in [-0.1, -0.05) is 0 Å². The first-order chi connectivity index (χ1) is 8.24. The van der Waals surface area contributed by atoms with E-state index in [1.165, 1.54) is 0 Å². The molecule has 17 heavy (non-hydrogen) atoms. The fourth-order valence-corrected chi connectivity index (χ4v) is 2.23. The minimum absolute atomic E-state index is 0.677. The largest absolute Gasteiger partial charge is 0.378 e. The Morgan fingerprint density at radius 1 is 0.941 bits per heavy atom. The standard InChI is InChI=1S/C10H12I2N4O/c11-9-5-13-15(7-9)1-3-17-4-2-16-8-10(12)6-14-16/h5-8H,1-4H2. The van der Waals surface area contributed by atoms with Crippen molar-refractivity contribution in [3.8, 4) is 0 Å². The Morgan fingerprint density at radius 3 is 1.76 bits per heavy atom. The van der Waals surface area contributed by atoms with Crippen LogP contribution in [0.5, 0.6) is 0 Å². The van der Waals surface area contributed by atoms with Crippen LogP contribution >= 0.6 is 45.2 Å². The Balaban J connectivity index is 1.60. The monoisotopic (exact) mass is 458 g/mol. The Labute approximate surface area is 127 Å². The number of hydrogen-bond acceptors (Lipinski definition) is 3. The van der Waals surface area contributed by atoms with E-state index in [0.29, 0.717) is 13.2 Å². The van der Waals surface area contributed by atoms with Gasteiger partial charge in [-0.15, -0.1) is 0 Å². The Bertz CT molecular complexity index is 426. The van der Waals surface area contributed by atoms with Gasteiger partial charge in [0.1, 0.15) is 0 Å². The predicted molar refractivity (Wildman–Crippen MR) is 80.7 cm³/mol. The van der Waals surface area contributed by atoms with Crippen molar-refractivity contribution in [3.63, 3.8) is 0 Å². The van der Waals surface area contributed by atoms with Crippen molar-refractivity contribution >= 4 is 45.2 Å². The van der Waals surface area contributed by atoms with Gasteiger partial charge >= 0.3 is 0 Å². The molecular weight excluding hydrogens is 446 g/mol. The summed E-state index contributed by atoms with van der Waals surface area (Å²) in [6.45, 7) is 2.94. The number of aromatic nitrogens is 4. The zero-order chi connectivity index (χ0) is 12.1. The first-order valence-electron chi connectivity index (χ1n) is 5.18. The molecule has 5 nitrogen and oxygen atoms in total. The number of ether oxygens (including phenoxy) is 1. The van der Waals surface area contributed by atoms with Gasteiger partial charge in [0.25, 0.3) is 0 Å². The second-order valence-electron chi connectivity index (χ2n) is 3.46. The van der Waals surface area contributed by atoms with Crippen molar-refractivity contribution < 1.29 is 4.74 Å². The van der Waals surface area contributed by atoms with Gasteiger partial charge in [0, 0.05) is 12.4 Å². The van der Waals surface area contributed by atoms with Crippen molar-refractivity contribution in [1.82, 2.24) is 19.6 Å². The Hall–Kier alpha value is -0.160. The van der Waals surface area contributed by atoms with Gasteiger partial charge in [-0.2, -0.15) is 10.2 Å². The number of halogens is 2. The fourth-order valence-electron chi connectivity index (χ4n) is 1.34. The highest BCUT2D eigenvalue weighted by atomic mass is 127. The van der Waals surface area contributed by atoms with E-state index in [1.54, 1.807) is 0 Å². The average molecular weight is 458 g/mol. The van der Waals surface area contributed by atoms with Crippen molar-refractivity contribution in [2.24, 2.45) is 0 Å². The molecule has 0 saturated carbocycles. The van der Waals surface area contributed by atoms with Crippen LogP contribution in [0.15, 0.2) is 24.8 Å². The SMILES string of the molecule is Ic1cnn(CCOCCn2cc(I)cn2)c1. The third kappa shape index (κ3) is 4.54. The normalized spacial score (nSPS) is 10.9. The molecule has 0 fully saturated rings. The first kappa shape index (κ1) is 13.3. The average Bonchev–Trinajstić information content (AvgIpc) is 2.88. The molecule has 0 aromatic carbocycles. The number of hydrogen-bond donors (Lipinski definition) is 0. The van der Waals surface area contributed by atoms with Gasteiger partial charge in [0.2, 0.25) is 0 Å². The molecule has 7 heteroatoms. The molecule has 2 rings (SSSR count). The zero-order valence-electron chi connectivity index (χ0n) is 9.09. The van der Waals surface area contributed by atoms with Gasteiger partial charge in [-0.3, -0.25) is 9.36 Å². The molecule has 0 bridgehead atoms. The highest BCUT2D eigenvalue weighted by molar-refractivity contribution is 14.1. The summed E-state index contributed by atoms with van der Waals surface area (Å²) in [5.74, 6) is 0. The van der Waals surface area contributed by atoms with E-state index in [9.17, 15) is 0 Å². The molecule has 0 N–H and O–H groups in total. The van der Waals surface area contributed by atoms with Crippen LogP contribution in [0, 0.1) is 7.14 Å². The maximum Gasteiger partial charge on any atom is 0.0663 e. The quantitative estimate of drug-likeness (QED) is 0.492. The maximum absolute atomic E-state index is 5.53. The molecule has 0 aliphatic carbocycles. The summed E-state index contributed by atoms with van der Waals surface area (Å²) in [7, 11) is 0. The van der Waals surface area contributed by atoms with Gasteiger partial charge in [0.15, 0.2) is 0 Å². The van der Waals surface area contributed by atoms with Crippen molar-refractivity contribution in [2.75, 3.05) is 13.2 Å². The van der Waals surface area contributed by atoms with Crippen molar-refractivity contribution in [2.45, 2.75) is 13.1 Å². The van der Waals surface area contributed by atoms with Crippen LogP contribution in [0.4, 0.5) is 0 Å². The second-order valence-corrected chi connectivity index (χ2v) is 5.95. The van der Waals surface area contributed by atoms with E-state index in [4.69, 9.17) is 4.74 Å². The molecule has 0 aliphatic rings. The van der Waals surface area contributed by atoms with Gasteiger partial charge in [0.05, 0.1) is 45.8 Å². The molecule has 0 radical (unpaired) electrons. The highest BCUT2D eigenvalue weighted by Crippen LogP contribution is 2.01. The number of rotatable bonds is 6. The summed E-state index contributed by atoms with van der Waals surface area (Å²) in [6.07, 6.45) is 7.68. The Morgan fingerprint density at radius 2 is 1.41 bits per heavy atom. The van der Waals surface area contributed by atoms with Crippen LogP contribution in [0.3, 0.4) is 0 Å². The molecular formula is C10H12I2N4O. The van der Waals surface area contributed by atoms with Crippen LogP contribution in [-0.4, -0.2) is 32.8 Å². The molecule has 2 aromatic heterocycles. The van der Waals surface area contributed by atoms with Gasteiger partial charge in [-0.25, -0.2) is 0 Å². The van der Waals surface area contributed by atoms with E-state index < -0.39 is 0 Å². The smallest absolute Gasteiger partial charge is 0.0663 e. The summed E-state index contributed by atoms with van der Waals surface area (Å²) in [6, 6.07) is 0. The predicted octanol–water partition coefficient (Wildman–Crippen LogP) is 2.01. The summed E-state index contributed by atoms with van der Waals surface area (Å²) in [4.78, 5) is 0. The van der Waals surface area contributed by atoms with Crippen molar-refractivity contribution in [1.29, 1.82) is 0 Å². The summed E-state index contributed by atoms with van der Waals surface area (Å²) >= 11 is 4.49. The van der Waals surface area contributed by atoms with E-state index >= 15 is 0 Å². The van der Waals surface area contributed by atoms with Crippen LogP contribution < -0.4 is 0 Å². The molecule has 0 saturated heterocycles. The number of nitrogens with zero attached hydrogens (tertiary/aromatic N) is 4. The summed E-state index contributed by atoms with van der Waals surface area (Å²) < 4.78 is 11.6. The molecule has 0 unspecified atom stereocenters. The fraction of sp³-hybridized carbons (Fsp3) is 0.400. The topological polar surface area (TPSA) is 44.9 Å². The maximum atomic E-state index is 5.53. The minimum atomic E-state index is 0.677. The molecule has 2 heterocycles. The second kappa shape index (κ2) is 6.69. The van der Waals surface area contributed by atoms with E-state index in [2.05, 4.69) is 55.4 Å². The van der Waals surface area contributed by atoms with E-state index in [0.717, 1.165) is 20.2 Å². The summed E-state index contributed by atoms with van der Waals surface area (Å²) in [5.41, 5.74) is 0. The van der Waals surface area contributed by atoms with Crippen molar-refractivity contribution in [3.05, 3.63) is 31.9 Å². The molecule has 92 valence electrons. The van der Waals surface area contributed by atoms with Gasteiger partial charge < -0.3 is 4.74 Å². The highest BCUT2D eigenvalue weighted by Gasteiger charge is 1.97. The molecule has 0 aliphatic heterocycles. The third-order valence-corrected chi connectivity index (χ3v) is 3.25. The van der Waals surface area contributed by atoms with E-state index in [1.807, 2.05) is 34.2 Å². The molecule has 2 aromatic rings. The molecule has 0 amide bonds. The van der Waals surface area contributed by atoms with Crippen LogP contribution in [0.25, 0.3) is 0 Å². The minimum Gasteiger partial charge on any atom is -0.378 e. The zero-order valence-corrected chi connectivity index (χ0v) is 13.4. The lowest BCUT2D eigenvalue weighted by atomic mass is 10.6. The lowest BCUT2D eigenvalue weighted by Gasteiger charge is -2.04. The van der Waals surface area contributed by atoms with Crippen LogP contribution in [0.2, 0.25) is 0 Å². The summed E-state index contributed by atoms with van der Waals surface area (Å²) in [5, 5.41) is 8.37. The molecule has 0 atom stereocenters.